The van der Waals surface area contributed by atoms with Crippen LogP contribution >= 0.6 is 0 Å². The Morgan fingerprint density at radius 2 is 1.77 bits per heavy atom. The van der Waals surface area contributed by atoms with Gasteiger partial charge in [0.25, 0.3) is 0 Å². The molecule has 0 unspecified atom stereocenters. The number of sulfonamides is 1. The highest BCUT2D eigenvalue weighted by Gasteiger charge is 2.16. The second-order valence-electron chi connectivity index (χ2n) is 6.26. The van der Waals surface area contributed by atoms with Gasteiger partial charge in [0, 0.05) is 18.2 Å². The molecule has 0 bridgehead atoms. The Bertz CT molecular complexity index is 1110. The van der Waals surface area contributed by atoms with Crippen molar-refractivity contribution in [3.05, 3.63) is 60.4 Å². The summed E-state index contributed by atoms with van der Waals surface area (Å²) < 4.78 is 56.2. The molecule has 1 heterocycles. The molecule has 0 aliphatic rings. The van der Waals surface area contributed by atoms with Gasteiger partial charge < -0.3 is 14.2 Å². The number of halogens is 1. The lowest BCUT2D eigenvalue weighted by molar-refractivity contribution is 0.307. The summed E-state index contributed by atoms with van der Waals surface area (Å²) in [6, 6.07) is 14.3. The molecule has 3 rings (SSSR count). The fourth-order valence-electron chi connectivity index (χ4n) is 2.67. The Hall–Kier alpha value is -3.24. The van der Waals surface area contributed by atoms with Crippen LogP contribution in [0.4, 0.5) is 4.39 Å². The number of hydrogen-bond donors (Lipinski definition) is 1. The number of nitrogens with zero attached hydrogens (tertiary/aromatic N) is 2. The van der Waals surface area contributed by atoms with Gasteiger partial charge in [0.15, 0.2) is 11.6 Å². The maximum absolute atomic E-state index is 13.7. The number of rotatable bonds is 10. The van der Waals surface area contributed by atoms with Crippen molar-refractivity contribution in [2.24, 2.45) is 0 Å². The third kappa shape index (κ3) is 5.89. The second kappa shape index (κ2) is 10.2. The van der Waals surface area contributed by atoms with Crippen LogP contribution < -0.4 is 18.9 Å². The van der Waals surface area contributed by atoms with E-state index in [1.54, 1.807) is 12.1 Å². The van der Waals surface area contributed by atoms with Crippen LogP contribution in [0.2, 0.25) is 0 Å². The summed E-state index contributed by atoms with van der Waals surface area (Å²) >= 11 is 0. The minimum atomic E-state index is -3.88. The van der Waals surface area contributed by atoms with Crippen molar-refractivity contribution in [3.63, 3.8) is 0 Å². The third-order valence-corrected chi connectivity index (χ3v) is 5.64. The molecule has 0 aliphatic carbocycles. The molecule has 1 aromatic heterocycles. The molecule has 2 aromatic carbocycles. The van der Waals surface area contributed by atoms with Crippen molar-refractivity contribution in [2.75, 3.05) is 26.9 Å². The average molecular weight is 447 g/mol. The first-order valence-corrected chi connectivity index (χ1v) is 10.9. The smallest absolute Gasteiger partial charge is 0.240 e. The standard InChI is InChI=1S/C21H22FN3O5S/c1-3-29-16-6-4-15(5-7-16)19-9-11-21(25-24-19)30-13-12-23-31(26,27)17-8-10-20(28-2)18(22)14-17/h4-11,14,23H,3,12-13H2,1-2H3. The zero-order valence-electron chi connectivity index (χ0n) is 17.0. The van der Waals surface area contributed by atoms with E-state index in [1.807, 2.05) is 31.2 Å². The maximum atomic E-state index is 13.7. The molecule has 10 heteroatoms. The minimum absolute atomic E-state index is 0.0228. The van der Waals surface area contributed by atoms with Crippen LogP contribution in [0.25, 0.3) is 11.3 Å². The first-order chi connectivity index (χ1) is 14.9. The van der Waals surface area contributed by atoms with Crippen molar-refractivity contribution in [1.82, 2.24) is 14.9 Å². The average Bonchev–Trinajstić information content (AvgIpc) is 2.78. The quantitative estimate of drug-likeness (QED) is 0.477. The van der Waals surface area contributed by atoms with Crippen LogP contribution in [0.5, 0.6) is 17.4 Å². The lowest BCUT2D eigenvalue weighted by atomic mass is 10.1. The van der Waals surface area contributed by atoms with Crippen molar-refractivity contribution >= 4 is 10.0 Å². The first kappa shape index (κ1) is 22.4. The zero-order valence-corrected chi connectivity index (χ0v) is 17.9. The van der Waals surface area contributed by atoms with Crippen LogP contribution in [-0.2, 0) is 10.0 Å². The number of hydrogen-bond acceptors (Lipinski definition) is 7. The molecular weight excluding hydrogens is 425 g/mol. The summed E-state index contributed by atoms with van der Waals surface area (Å²) in [5.74, 6) is 0.238. The molecule has 0 amide bonds. The Balaban J connectivity index is 1.52. The fourth-order valence-corrected chi connectivity index (χ4v) is 3.69. The number of nitrogens with one attached hydrogen (secondary N) is 1. The summed E-state index contributed by atoms with van der Waals surface area (Å²) in [7, 11) is -2.58. The molecule has 0 spiro atoms. The van der Waals surface area contributed by atoms with Gasteiger partial charge in [-0.2, -0.15) is 0 Å². The Morgan fingerprint density at radius 1 is 1.00 bits per heavy atom. The van der Waals surface area contributed by atoms with E-state index in [2.05, 4.69) is 14.9 Å². The molecular formula is C21H22FN3O5S. The molecule has 31 heavy (non-hydrogen) atoms. The predicted octanol–water partition coefficient (Wildman–Crippen LogP) is 3.05. The summed E-state index contributed by atoms with van der Waals surface area (Å²) in [4.78, 5) is -0.203. The maximum Gasteiger partial charge on any atom is 0.240 e. The van der Waals surface area contributed by atoms with E-state index in [9.17, 15) is 12.8 Å². The highest BCUT2D eigenvalue weighted by atomic mass is 32.2. The molecule has 8 nitrogen and oxygen atoms in total. The fraction of sp³-hybridized carbons (Fsp3) is 0.238. The second-order valence-corrected chi connectivity index (χ2v) is 8.02. The molecule has 0 atom stereocenters. The van der Waals surface area contributed by atoms with Crippen molar-refractivity contribution in [1.29, 1.82) is 0 Å². The van der Waals surface area contributed by atoms with E-state index in [-0.39, 0.29) is 29.7 Å². The van der Waals surface area contributed by atoms with Gasteiger partial charge in [0.2, 0.25) is 15.9 Å². The van der Waals surface area contributed by atoms with Crippen LogP contribution in [0.1, 0.15) is 6.92 Å². The van der Waals surface area contributed by atoms with Crippen molar-refractivity contribution in [3.8, 4) is 28.6 Å². The molecule has 0 aliphatic heterocycles. The normalized spacial score (nSPS) is 11.2. The Labute approximate surface area is 180 Å². The molecule has 0 saturated heterocycles. The lowest BCUT2D eigenvalue weighted by Crippen LogP contribution is -2.28. The first-order valence-electron chi connectivity index (χ1n) is 9.46. The number of ether oxygens (including phenoxy) is 3. The summed E-state index contributed by atoms with van der Waals surface area (Å²) in [6.07, 6.45) is 0. The van der Waals surface area contributed by atoms with Gasteiger partial charge in [-0.25, -0.2) is 17.5 Å². The monoisotopic (exact) mass is 447 g/mol. The molecule has 0 fully saturated rings. The summed E-state index contributed by atoms with van der Waals surface area (Å²) in [5, 5.41) is 8.11. The Kier molecular flexibility index (Phi) is 7.37. The van der Waals surface area contributed by atoms with E-state index in [0.717, 1.165) is 17.4 Å². The van der Waals surface area contributed by atoms with E-state index < -0.39 is 15.8 Å². The zero-order chi connectivity index (χ0) is 22.3. The number of aromatic nitrogens is 2. The van der Waals surface area contributed by atoms with Gasteiger partial charge in [-0.3, -0.25) is 0 Å². The van der Waals surface area contributed by atoms with E-state index in [4.69, 9.17) is 14.2 Å². The van der Waals surface area contributed by atoms with Crippen LogP contribution in [-0.4, -0.2) is 45.5 Å². The van der Waals surface area contributed by atoms with Crippen LogP contribution in [0.15, 0.2) is 59.5 Å². The predicted molar refractivity (Wildman–Crippen MR) is 112 cm³/mol. The summed E-state index contributed by atoms with van der Waals surface area (Å²) in [5.41, 5.74) is 1.54. The van der Waals surface area contributed by atoms with Gasteiger partial charge in [0.1, 0.15) is 12.4 Å². The largest absolute Gasteiger partial charge is 0.494 e. The SMILES string of the molecule is CCOc1ccc(-c2ccc(OCCNS(=O)(=O)c3ccc(OC)c(F)c3)nn2)cc1. The Morgan fingerprint density at radius 3 is 2.39 bits per heavy atom. The van der Waals surface area contributed by atoms with Gasteiger partial charge >= 0.3 is 0 Å². The number of methoxy groups -OCH3 is 1. The van der Waals surface area contributed by atoms with E-state index >= 15 is 0 Å². The van der Waals surface area contributed by atoms with Crippen molar-refractivity contribution in [2.45, 2.75) is 11.8 Å². The topological polar surface area (TPSA) is 99.6 Å². The van der Waals surface area contributed by atoms with Gasteiger partial charge in [-0.05, 0) is 55.5 Å². The van der Waals surface area contributed by atoms with Crippen LogP contribution in [0, 0.1) is 5.82 Å². The highest BCUT2D eigenvalue weighted by Crippen LogP contribution is 2.22. The van der Waals surface area contributed by atoms with Crippen molar-refractivity contribution < 1.29 is 27.0 Å². The summed E-state index contributed by atoms with van der Waals surface area (Å²) in [6.45, 7) is 2.51. The number of benzene rings is 2. The molecule has 0 radical (unpaired) electrons. The van der Waals surface area contributed by atoms with Gasteiger partial charge in [0.05, 0.1) is 24.3 Å². The molecule has 1 N–H and O–H groups in total. The van der Waals surface area contributed by atoms with E-state index in [0.29, 0.717) is 12.3 Å². The highest BCUT2D eigenvalue weighted by molar-refractivity contribution is 7.89. The van der Waals surface area contributed by atoms with Crippen LogP contribution in [0.3, 0.4) is 0 Å². The lowest BCUT2D eigenvalue weighted by Gasteiger charge is -2.09. The molecule has 164 valence electrons. The molecule has 3 aromatic rings. The molecule has 0 saturated carbocycles. The van der Waals surface area contributed by atoms with E-state index in [1.165, 1.54) is 19.2 Å². The van der Waals surface area contributed by atoms with Gasteiger partial charge in [-0.15, -0.1) is 10.2 Å². The third-order valence-electron chi connectivity index (χ3n) is 4.18. The minimum Gasteiger partial charge on any atom is -0.494 e. The van der Waals surface area contributed by atoms with Gasteiger partial charge in [-0.1, -0.05) is 0 Å².